The van der Waals surface area contributed by atoms with Gasteiger partial charge in [-0.25, -0.2) is 4.90 Å². The van der Waals surface area contributed by atoms with Crippen molar-refractivity contribution >= 4 is 46.7 Å². The van der Waals surface area contributed by atoms with Crippen LogP contribution in [0.25, 0.3) is 0 Å². The molecular weight excluding hydrogens is 468 g/mol. The first-order chi connectivity index (χ1) is 16.8. The molecule has 5 atom stereocenters. The Kier molecular flexibility index (Phi) is 5.07. The minimum atomic E-state index is -0.638. The van der Waals surface area contributed by atoms with E-state index >= 15 is 0 Å². The van der Waals surface area contributed by atoms with E-state index < -0.39 is 11.9 Å². The monoisotopic (exact) mass is 490 g/mol. The molecule has 1 saturated carbocycles. The number of carbonyl (C=O) groups is 4. The van der Waals surface area contributed by atoms with E-state index in [4.69, 9.17) is 16.3 Å². The number of hydrogen-bond acceptors (Lipinski definition) is 5. The minimum Gasteiger partial charge on any atom is -0.426 e. The van der Waals surface area contributed by atoms with Crippen molar-refractivity contribution < 1.29 is 23.9 Å². The fourth-order valence-corrected chi connectivity index (χ4v) is 6.20. The molecule has 0 unspecified atom stereocenters. The van der Waals surface area contributed by atoms with E-state index in [2.05, 4.69) is 12.2 Å². The van der Waals surface area contributed by atoms with Gasteiger partial charge in [-0.2, -0.15) is 0 Å². The second-order valence-corrected chi connectivity index (χ2v) is 10.1. The molecule has 2 aromatic rings. The van der Waals surface area contributed by atoms with Gasteiger partial charge in [0.15, 0.2) is 0 Å². The third-order valence-corrected chi connectivity index (χ3v) is 8.16. The predicted octanol–water partition coefficient (Wildman–Crippen LogP) is 3.92. The lowest BCUT2D eigenvalue weighted by molar-refractivity contribution is -0.139. The quantitative estimate of drug-likeness (QED) is 0.281. The number of carbonyl (C=O) groups excluding carboxylic acids is 4. The molecule has 2 aliphatic carbocycles. The zero-order valence-corrected chi connectivity index (χ0v) is 19.8. The van der Waals surface area contributed by atoms with Crippen molar-refractivity contribution in [2.75, 3.05) is 16.3 Å². The first-order valence-corrected chi connectivity index (χ1v) is 12.1. The summed E-state index contributed by atoms with van der Waals surface area (Å²) in [6.07, 6.45) is 5.00. The van der Waals surface area contributed by atoms with E-state index in [0.717, 1.165) is 12.0 Å². The molecule has 0 aromatic heterocycles. The molecule has 2 bridgehead atoms. The van der Waals surface area contributed by atoms with Crippen LogP contribution in [0.15, 0.2) is 54.6 Å². The number of allylic oxidation sites excluding steroid dienone is 2. The minimum absolute atomic E-state index is 0.0344. The largest absolute Gasteiger partial charge is 0.426 e. The van der Waals surface area contributed by atoms with Crippen molar-refractivity contribution in [3.8, 4) is 5.75 Å². The van der Waals surface area contributed by atoms with Crippen LogP contribution in [0.3, 0.4) is 0 Å². The van der Waals surface area contributed by atoms with Crippen LogP contribution in [0.2, 0.25) is 5.02 Å². The number of amides is 3. The van der Waals surface area contributed by atoms with Crippen molar-refractivity contribution in [2.45, 2.75) is 19.8 Å². The highest BCUT2D eigenvalue weighted by Gasteiger charge is 2.59. The van der Waals surface area contributed by atoms with Crippen LogP contribution in [0.4, 0.5) is 11.4 Å². The lowest BCUT2D eigenvalue weighted by Crippen LogP contribution is -2.32. The molecule has 178 valence electrons. The number of hydrogen-bond donors (Lipinski definition) is 0. The maximum atomic E-state index is 13.1. The standard InChI is InChI=1S/C27H23ClN2O5/c1-14-20(28)6-3-7-21(14)29-13-17(11-22(29)31)27(34)35-19-5-2-4-18(12-19)30-25(32)23-15-8-9-16(10-15)24(23)26(30)33/h2-9,12,15-17,23-24H,10-11,13H2,1H3/t15-,16-,17-,23-,24+/m0/s1. The summed E-state index contributed by atoms with van der Waals surface area (Å²) < 4.78 is 5.60. The Balaban J connectivity index is 1.18. The van der Waals surface area contributed by atoms with Gasteiger partial charge >= 0.3 is 5.97 Å². The number of halogens is 1. The van der Waals surface area contributed by atoms with Gasteiger partial charge in [-0.05, 0) is 55.0 Å². The number of anilines is 2. The molecule has 0 N–H and O–H groups in total. The van der Waals surface area contributed by atoms with E-state index in [1.807, 2.05) is 6.92 Å². The van der Waals surface area contributed by atoms with Gasteiger partial charge < -0.3 is 9.64 Å². The Morgan fingerprint density at radius 3 is 2.40 bits per heavy atom. The Hall–Kier alpha value is -3.45. The number of fused-ring (bicyclic) bond motifs is 5. The summed E-state index contributed by atoms with van der Waals surface area (Å²) in [5.74, 6) is -1.83. The first kappa shape index (κ1) is 22.0. The van der Waals surface area contributed by atoms with Crippen molar-refractivity contribution in [1.82, 2.24) is 0 Å². The lowest BCUT2D eigenvalue weighted by atomic mass is 9.85. The zero-order valence-electron chi connectivity index (χ0n) is 19.0. The van der Waals surface area contributed by atoms with Gasteiger partial charge in [0, 0.05) is 29.7 Å². The van der Waals surface area contributed by atoms with Crippen molar-refractivity contribution in [3.05, 3.63) is 65.2 Å². The van der Waals surface area contributed by atoms with Crippen LogP contribution < -0.4 is 14.5 Å². The second-order valence-electron chi connectivity index (χ2n) is 9.72. The fourth-order valence-electron chi connectivity index (χ4n) is 6.03. The molecule has 3 fully saturated rings. The number of benzene rings is 2. The van der Waals surface area contributed by atoms with Gasteiger partial charge in [0.2, 0.25) is 17.7 Å². The van der Waals surface area contributed by atoms with Crippen molar-refractivity contribution in [1.29, 1.82) is 0 Å². The van der Waals surface area contributed by atoms with Crippen LogP contribution in [0.1, 0.15) is 18.4 Å². The molecule has 6 rings (SSSR count). The molecule has 3 amide bonds. The summed E-state index contributed by atoms with van der Waals surface area (Å²) in [7, 11) is 0. The van der Waals surface area contributed by atoms with Crippen molar-refractivity contribution in [3.63, 3.8) is 0 Å². The summed E-state index contributed by atoms with van der Waals surface area (Å²) in [6, 6.07) is 11.8. The van der Waals surface area contributed by atoms with Crippen LogP contribution in [-0.2, 0) is 19.2 Å². The second kappa shape index (κ2) is 8.05. The smallest absolute Gasteiger partial charge is 0.316 e. The van der Waals surface area contributed by atoms with Crippen molar-refractivity contribution in [2.24, 2.45) is 29.6 Å². The van der Waals surface area contributed by atoms with Gasteiger partial charge in [-0.3, -0.25) is 19.2 Å². The lowest BCUT2D eigenvalue weighted by Gasteiger charge is -2.20. The van der Waals surface area contributed by atoms with Gasteiger partial charge in [-0.1, -0.05) is 35.9 Å². The summed E-state index contributed by atoms with van der Waals surface area (Å²) in [5.41, 5.74) is 1.86. The van der Waals surface area contributed by atoms with Crippen LogP contribution in [0.5, 0.6) is 5.75 Å². The molecule has 35 heavy (non-hydrogen) atoms. The van der Waals surface area contributed by atoms with Gasteiger partial charge in [0.05, 0.1) is 23.4 Å². The summed E-state index contributed by atoms with van der Waals surface area (Å²) in [4.78, 5) is 54.6. The number of imide groups is 1. The maximum Gasteiger partial charge on any atom is 0.316 e. The summed E-state index contributed by atoms with van der Waals surface area (Å²) in [6.45, 7) is 2.03. The number of nitrogens with zero attached hydrogens (tertiary/aromatic N) is 2. The summed E-state index contributed by atoms with van der Waals surface area (Å²) >= 11 is 6.20. The van der Waals surface area contributed by atoms with E-state index in [1.54, 1.807) is 47.4 Å². The Morgan fingerprint density at radius 2 is 1.69 bits per heavy atom. The fraction of sp³-hybridized carbons (Fsp3) is 0.333. The van der Waals surface area contributed by atoms with Crippen LogP contribution in [0, 0.1) is 36.5 Å². The van der Waals surface area contributed by atoms with Crippen LogP contribution in [-0.4, -0.2) is 30.2 Å². The molecule has 2 heterocycles. The number of rotatable bonds is 4. The molecule has 0 spiro atoms. The Labute approximate surface area is 207 Å². The van der Waals surface area contributed by atoms with E-state index in [1.165, 1.54) is 4.90 Å². The number of esters is 1. The molecule has 7 nitrogen and oxygen atoms in total. The molecule has 2 aromatic carbocycles. The highest BCUT2D eigenvalue weighted by Crippen LogP contribution is 2.53. The van der Waals surface area contributed by atoms with Gasteiger partial charge in [0.25, 0.3) is 0 Å². The van der Waals surface area contributed by atoms with E-state index in [0.29, 0.717) is 16.4 Å². The molecule has 2 aliphatic heterocycles. The van der Waals surface area contributed by atoms with E-state index in [9.17, 15) is 19.2 Å². The average Bonchev–Trinajstić information content (AvgIpc) is 3.59. The third-order valence-electron chi connectivity index (χ3n) is 7.75. The Bertz CT molecular complexity index is 1290. The maximum absolute atomic E-state index is 13.1. The third kappa shape index (κ3) is 3.40. The van der Waals surface area contributed by atoms with E-state index in [-0.39, 0.29) is 60.1 Å². The SMILES string of the molecule is Cc1c(Cl)cccc1N1C[C@@H](C(=O)Oc2cccc(N3C(=O)[C@@H]4[C@H](C3=O)[C@H]3C=C[C@H]4C3)c2)CC1=O. The molecule has 2 saturated heterocycles. The average molecular weight is 491 g/mol. The molecule has 8 heteroatoms. The Morgan fingerprint density at radius 1 is 1.00 bits per heavy atom. The molecule has 0 radical (unpaired) electrons. The van der Waals surface area contributed by atoms with Gasteiger partial charge in [-0.15, -0.1) is 0 Å². The highest BCUT2D eigenvalue weighted by molar-refractivity contribution is 6.31. The highest BCUT2D eigenvalue weighted by atomic mass is 35.5. The van der Waals surface area contributed by atoms with Crippen LogP contribution >= 0.6 is 11.6 Å². The predicted molar refractivity (Wildman–Crippen MR) is 129 cm³/mol. The van der Waals surface area contributed by atoms with Gasteiger partial charge in [0.1, 0.15) is 5.75 Å². The topological polar surface area (TPSA) is 84.0 Å². The first-order valence-electron chi connectivity index (χ1n) is 11.8. The number of ether oxygens (including phenoxy) is 1. The normalized spacial score (nSPS) is 28.9. The molecule has 4 aliphatic rings. The molecular formula is C27H23ClN2O5. The summed E-state index contributed by atoms with van der Waals surface area (Å²) in [5, 5.41) is 0.553. The zero-order chi connectivity index (χ0) is 24.4.